The van der Waals surface area contributed by atoms with Crippen LogP contribution >= 0.6 is 11.3 Å². The zero-order chi connectivity index (χ0) is 9.26. The van der Waals surface area contributed by atoms with Gasteiger partial charge in [-0.05, 0) is 6.92 Å². The molecule has 2 aromatic rings. The Morgan fingerprint density at radius 3 is 3.00 bits per heavy atom. The molecule has 4 nitrogen and oxygen atoms in total. The van der Waals surface area contributed by atoms with Gasteiger partial charge in [0.15, 0.2) is 6.29 Å². The molecule has 5 heteroatoms. The Labute approximate surface area is 78.8 Å². The van der Waals surface area contributed by atoms with Crippen LogP contribution in [0.1, 0.15) is 16.1 Å². The van der Waals surface area contributed by atoms with Gasteiger partial charge in [0.25, 0.3) is 0 Å². The lowest BCUT2D eigenvalue weighted by atomic mass is 10.4. The van der Waals surface area contributed by atoms with E-state index < -0.39 is 0 Å². The van der Waals surface area contributed by atoms with Crippen LogP contribution in [0.25, 0.3) is 5.13 Å². The second kappa shape index (κ2) is 3.10. The molecule has 0 saturated heterocycles. The fraction of sp³-hybridized carbons (Fsp3) is 0.125. The molecular weight excluding hydrogens is 186 g/mol. The predicted octanol–water partition coefficient (Wildman–Crippen LogP) is 1.45. The number of aldehydes is 1. The summed E-state index contributed by atoms with van der Waals surface area (Å²) in [6, 6.07) is 0. The number of carbonyl (C=O) groups excluding carboxylic acids is 1. The van der Waals surface area contributed by atoms with Crippen molar-refractivity contribution in [1.82, 2.24) is 14.8 Å². The van der Waals surface area contributed by atoms with Gasteiger partial charge < -0.3 is 0 Å². The summed E-state index contributed by atoms with van der Waals surface area (Å²) in [5.74, 6) is 0. The minimum Gasteiger partial charge on any atom is -0.298 e. The summed E-state index contributed by atoms with van der Waals surface area (Å²) in [4.78, 5) is 14.6. The van der Waals surface area contributed by atoms with Crippen LogP contribution in [0.5, 0.6) is 0 Å². The number of hydrogen-bond acceptors (Lipinski definition) is 4. The Balaban J connectivity index is 2.40. The molecule has 0 spiro atoms. The first-order valence-electron chi connectivity index (χ1n) is 3.72. The second-order valence-electron chi connectivity index (χ2n) is 2.61. The highest BCUT2D eigenvalue weighted by molar-refractivity contribution is 7.12. The summed E-state index contributed by atoms with van der Waals surface area (Å²) in [5.41, 5.74) is 1.52. The van der Waals surface area contributed by atoms with Gasteiger partial charge in [0, 0.05) is 11.6 Å². The van der Waals surface area contributed by atoms with Crippen molar-refractivity contribution in [1.29, 1.82) is 0 Å². The van der Waals surface area contributed by atoms with Crippen LogP contribution < -0.4 is 0 Å². The summed E-state index contributed by atoms with van der Waals surface area (Å²) in [6.07, 6.45) is 3.94. The summed E-state index contributed by atoms with van der Waals surface area (Å²) in [7, 11) is 0. The van der Waals surface area contributed by atoms with Crippen molar-refractivity contribution < 1.29 is 4.79 Å². The van der Waals surface area contributed by atoms with Crippen molar-refractivity contribution in [3.05, 3.63) is 29.0 Å². The van der Waals surface area contributed by atoms with Gasteiger partial charge in [0.1, 0.15) is 0 Å². The Hall–Kier alpha value is -1.49. The third kappa shape index (κ3) is 1.50. The van der Waals surface area contributed by atoms with Gasteiger partial charge in [-0.1, -0.05) is 0 Å². The molecule has 0 radical (unpaired) electrons. The molecule has 0 bridgehead atoms. The summed E-state index contributed by atoms with van der Waals surface area (Å²) >= 11 is 1.50. The number of aromatic nitrogens is 3. The highest BCUT2D eigenvalue weighted by Gasteiger charge is 2.02. The second-order valence-corrected chi connectivity index (χ2v) is 3.44. The molecule has 0 aliphatic heterocycles. The number of nitrogens with zero attached hydrogens (tertiary/aromatic N) is 3. The maximum atomic E-state index is 10.4. The molecule has 0 atom stereocenters. The lowest BCUT2D eigenvalue weighted by Crippen LogP contribution is -1.92. The molecule has 2 heterocycles. The highest BCUT2D eigenvalue weighted by atomic mass is 32.1. The zero-order valence-electron chi connectivity index (χ0n) is 6.97. The number of hydrogen-bond donors (Lipinski definition) is 0. The van der Waals surface area contributed by atoms with E-state index in [1.54, 1.807) is 10.9 Å². The smallest absolute Gasteiger partial charge is 0.210 e. The largest absolute Gasteiger partial charge is 0.298 e. The first-order chi connectivity index (χ1) is 6.29. The number of thiazole rings is 1. The Bertz CT molecular complexity index is 432. The van der Waals surface area contributed by atoms with Crippen molar-refractivity contribution in [2.45, 2.75) is 6.92 Å². The molecule has 0 aliphatic rings. The molecule has 0 saturated carbocycles. The summed E-state index contributed by atoms with van der Waals surface area (Å²) in [5, 5.41) is 6.73. The van der Waals surface area contributed by atoms with E-state index in [0.29, 0.717) is 5.56 Å². The van der Waals surface area contributed by atoms with Gasteiger partial charge in [-0.25, -0.2) is 9.67 Å². The topological polar surface area (TPSA) is 47.8 Å². The van der Waals surface area contributed by atoms with Crippen molar-refractivity contribution in [2.75, 3.05) is 0 Å². The monoisotopic (exact) mass is 193 g/mol. The SMILES string of the molecule is Cc1csc(-n2cc(C=O)cn2)n1. The summed E-state index contributed by atoms with van der Waals surface area (Å²) < 4.78 is 1.60. The summed E-state index contributed by atoms with van der Waals surface area (Å²) in [6.45, 7) is 1.92. The standard InChI is InChI=1S/C8H7N3OS/c1-6-5-13-8(10-6)11-3-7(4-12)2-9-11/h2-5H,1H3. The maximum absolute atomic E-state index is 10.4. The molecule has 0 unspecified atom stereocenters. The van der Waals surface area contributed by atoms with E-state index in [9.17, 15) is 4.79 Å². The van der Waals surface area contributed by atoms with Crippen molar-refractivity contribution in [3.63, 3.8) is 0 Å². The molecule has 0 aliphatic carbocycles. The van der Waals surface area contributed by atoms with Crippen LogP contribution in [0.2, 0.25) is 0 Å². The molecule has 66 valence electrons. The van der Waals surface area contributed by atoms with E-state index in [2.05, 4.69) is 10.1 Å². The number of rotatable bonds is 2. The Morgan fingerprint density at radius 2 is 2.46 bits per heavy atom. The van der Waals surface area contributed by atoms with Gasteiger partial charge in [-0.15, -0.1) is 11.3 Å². The first-order valence-corrected chi connectivity index (χ1v) is 4.60. The molecular formula is C8H7N3OS. The molecule has 0 amide bonds. The molecule has 13 heavy (non-hydrogen) atoms. The van der Waals surface area contributed by atoms with Gasteiger partial charge in [-0.2, -0.15) is 5.10 Å². The minimum atomic E-state index is 0.563. The van der Waals surface area contributed by atoms with Crippen LogP contribution in [-0.2, 0) is 0 Å². The molecule has 0 fully saturated rings. The van der Waals surface area contributed by atoms with E-state index in [1.807, 2.05) is 12.3 Å². The quantitative estimate of drug-likeness (QED) is 0.678. The lowest BCUT2D eigenvalue weighted by Gasteiger charge is -1.90. The van der Waals surface area contributed by atoms with Crippen LogP contribution in [0, 0.1) is 6.92 Å². The van der Waals surface area contributed by atoms with Crippen molar-refractivity contribution in [3.8, 4) is 5.13 Å². The maximum Gasteiger partial charge on any atom is 0.210 e. The minimum absolute atomic E-state index is 0.563. The van der Waals surface area contributed by atoms with Gasteiger partial charge in [0.2, 0.25) is 5.13 Å². The Kier molecular flexibility index (Phi) is 1.94. The third-order valence-electron chi connectivity index (χ3n) is 1.54. The molecule has 2 aromatic heterocycles. The lowest BCUT2D eigenvalue weighted by molar-refractivity contribution is 0.112. The number of carbonyl (C=O) groups is 1. The highest BCUT2D eigenvalue weighted by Crippen LogP contribution is 2.13. The van der Waals surface area contributed by atoms with E-state index in [0.717, 1.165) is 17.1 Å². The first kappa shape index (κ1) is 8.12. The van der Waals surface area contributed by atoms with Gasteiger partial charge >= 0.3 is 0 Å². The van der Waals surface area contributed by atoms with Crippen molar-refractivity contribution in [2.24, 2.45) is 0 Å². The van der Waals surface area contributed by atoms with E-state index in [1.165, 1.54) is 17.5 Å². The van der Waals surface area contributed by atoms with E-state index in [-0.39, 0.29) is 0 Å². The van der Waals surface area contributed by atoms with Crippen LogP contribution in [0.3, 0.4) is 0 Å². The van der Waals surface area contributed by atoms with Gasteiger partial charge in [0.05, 0.1) is 17.5 Å². The Morgan fingerprint density at radius 1 is 1.62 bits per heavy atom. The van der Waals surface area contributed by atoms with Crippen LogP contribution in [0.15, 0.2) is 17.8 Å². The third-order valence-corrected chi connectivity index (χ3v) is 2.49. The predicted molar refractivity (Wildman–Crippen MR) is 49.4 cm³/mol. The zero-order valence-corrected chi connectivity index (χ0v) is 7.78. The fourth-order valence-corrected chi connectivity index (χ4v) is 1.68. The van der Waals surface area contributed by atoms with Crippen LogP contribution in [-0.4, -0.2) is 21.1 Å². The van der Waals surface area contributed by atoms with Crippen molar-refractivity contribution >= 4 is 17.6 Å². The fourth-order valence-electron chi connectivity index (χ4n) is 0.949. The molecule has 0 aromatic carbocycles. The average molecular weight is 193 g/mol. The average Bonchev–Trinajstić information content (AvgIpc) is 2.71. The van der Waals surface area contributed by atoms with E-state index in [4.69, 9.17) is 0 Å². The molecule has 0 N–H and O–H groups in total. The number of aryl methyl sites for hydroxylation is 1. The van der Waals surface area contributed by atoms with Crippen LogP contribution in [0.4, 0.5) is 0 Å². The van der Waals surface area contributed by atoms with E-state index >= 15 is 0 Å². The van der Waals surface area contributed by atoms with Gasteiger partial charge in [-0.3, -0.25) is 4.79 Å². The molecule has 2 rings (SSSR count). The normalized spacial score (nSPS) is 10.2.